The second-order valence-corrected chi connectivity index (χ2v) is 17.5. The average Bonchev–Trinajstić information content (AvgIpc) is 2.92. The molecule has 5 heteroatoms. The zero-order valence-electron chi connectivity index (χ0n) is 29.1. The molecule has 0 aromatic heterocycles. The van der Waals surface area contributed by atoms with Gasteiger partial charge in [0.2, 0.25) is 5.91 Å². The topological polar surface area (TPSA) is 81.4 Å². The quantitative estimate of drug-likeness (QED) is 0.176. The van der Waals surface area contributed by atoms with Crippen LogP contribution in [0, 0.1) is 56.7 Å². The van der Waals surface area contributed by atoms with Gasteiger partial charge >= 0.3 is 5.97 Å². The number of fused-ring (bicyclic) bond motifs is 7. The third-order valence-electron chi connectivity index (χ3n) is 15.1. The van der Waals surface area contributed by atoms with E-state index in [9.17, 15) is 9.59 Å². The molecule has 4 saturated carbocycles. The summed E-state index contributed by atoms with van der Waals surface area (Å²) in [6.07, 6.45) is 15.7. The fourth-order valence-electron chi connectivity index (χ4n) is 12.2. The van der Waals surface area contributed by atoms with Crippen molar-refractivity contribution in [2.45, 2.75) is 152 Å². The summed E-state index contributed by atoms with van der Waals surface area (Å²) in [5.41, 5.74) is 7.84. The van der Waals surface area contributed by atoms with Crippen LogP contribution in [0.1, 0.15) is 139 Å². The maximum absolute atomic E-state index is 14.3. The molecule has 11 atom stereocenters. The van der Waals surface area contributed by atoms with Gasteiger partial charge in [-0.05, 0) is 123 Å². The van der Waals surface area contributed by atoms with Gasteiger partial charge in [-0.1, -0.05) is 66.5 Å². The Morgan fingerprint density at radius 3 is 2.37 bits per heavy atom. The third-order valence-corrected chi connectivity index (χ3v) is 15.1. The highest BCUT2D eigenvalue weighted by atomic mass is 16.5. The van der Waals surface area contributed by atoms with Gasteiger partial charge < -0.3 is 15.8 Å². The van der Waals surface area contributed by atoms with Crippen molar-refractivity contribution in [3.05, 3.63) is 11.6 Å². The Kier molecular flexibility index (Phi) is 8.80. The third kappa shape index (κ3) is 5.05. The number of hydrogen-bond donors (Lipinski definition) is 2. The minimum atomic E-state index is -0.271. The van der Waals surface area contributed by atoms with Crippen molar-refractivity contribution in [3.8, 4) is 0 Å². The predicted molar refractivity (Wildman–Crippen MR) is 175 cm³/mol. The van der Waals surface area contributed by atoms with Crippen molar-refractivity contribution in [1.82, 2.24) is 5.32 Å². The summed E-state index contributed by atoms with van der Waals surface area (Å²) in [6, 6.07) is 0.228. The van der Waals surface area contributed by atoms with Crippen LogP contribution in [-0.2, 0) is 14.3 Å². The Balaban J connectivity index is 1.46. The van der Waals surface area contributed by atoms with Crippen molar-refractivity contribution in [2.24, 2.45) is 62.4 Å². The Morgan fingerprint density at radius 2 is 1.70 bits per heavy atom. The minimum Gasteiger partial charge on any atom is -0.462 e. The first kappa shape index (κ1) is 33.0. The van der Waals surface area contributed by atoms with Gasteiger partial charge in [-0.3, -0.25) is 9.59 Å². The Morgan fingerprint density at radius 1 is 0.977 bits per heavy atom. The largest absolute Gasteiger partial charge is 0.462 e. The highest BCUT2D eigenvalue weighted by Gasteiger charge is 2.69. The molecule has 0 aliphatic heterocycles. The molecule has 1 amide bonds. The van der Waals surface area contributed by atoms with Crippen LogP contribution in [-0.4, -0.2) is 30.6 Å². The first-order valence-corrected chi connectivity index (χ1v) is 18.0. The van der Waals surface area contributed by atoms with Gasteiger partial charge in [0.25, 0.3) is 0 Å². The van der Waals surface area contributed by atoms with Crippen molar-refractivity contribution in [2.75, 3.05) is 6.54 Å². The molecule has 5 aliphatic carbocycles. The average molecular weight is 597 g/mol. The van der Waals surface area contributed by atoms with E-state index in [1.54, 1.807) is 12.5 Å². The number of carbonyl (C=O) groups is 2. The van der Waals surface area contributed by atoms with Crippen molar-refractivity contribution in [3.63, 3.8) is 0 Å². The lowest BCUT2D eigenvalue weighted by molar-refractivity contribution is -0.212. The predicted octanol–water partition coefficient (Wildman–Crippen LogP) is 8.21. The van der Waals surface area contributed by atoms with E-state index < -0.39 is 0 Å². The van der Waals surface area contributed by atoms with E-state index in [2.05, 4.69) is 66.8 Å². The van der Waals surface area contributed by atoms with E-state index in [0.717, 1.165) is 70.8 Å². The van der Waals surface area contributed by atoms with E-state index in [1.165, 1.54) is 12.8 Å². The van der Waals surface area contributed by atoms with E-state index in [-0.39, 0.29) is 45.2 Å². The number of amides is 1. The van der Waals surface area contributed by atoms with E-state index >= 15 is 0 Å². The van der Waals surface area contributed by atoms with Crippen molar-refractivity contribution in [1.29, 1.82) is 0 Å². The van der Waals surface area contributed by atoms with Crippen LogP contribution in [0.3, 0.4) is 0 Å². The number of esters is 1. The number of rotatable bonds is 7. The molecule has 43 heavy (non-hydrogen) atoms. The van der Waals surface area contributed by atoms with Crippen LogP contribution in [0.25, 0.3) is 0 Å². The molecule has 0 aromatic rings. The molecule has 4 fully saturated rings. The first-order valence-electron chi connectivity index (χ1n) is 18.0. The highest BCUT2D eigenvalue weighted by Crippen LogP contribution is 2.75. The summed E-state index contributed by atoms with van der Waals surface area (Å²) in [6.45, 7) is 21.8. The molecule has 5 nitrogen and oxygen atoms in total. The summed E-state index contributed by atoms with van der Waals surface area (Å²) < 4.78 is 5.94. The lowest BCUT2D eigenvalue weighted by Gasteiger charge is -2.71. The number of allylic oxidation sites excluding steroid dienone is 2. The number of carbonyl (C=O) groups excluding carboxylic acids is 2. The van der Waals surface area contributed by atoms with Crippen LogP contribution in [0.15, 0.2) is 11.6 Å². The maximum Gasteiger partial charge on any atom is 0.302 e. The van der Waals surface area contributed by atoms with Gasteiger partial charge in [-0.15, -0.1) is 0 Å². The Hall–Kier alpha value is -1.36. The molecule has 0 saturated heterocycles. The van der Waals surface area contributed by atoms with Crippen molar-refractivity contribution < 1.29 is 14.3 Å². The van der Waals surface area contributed by atoms with Crippen LogP contribution < -0.4 is 11.1 Å². The summed E-state index contributed by atoms with van der Waals surface area (Å²) in [5, 5.41) is 3.45. The SMILES string of the molecule is CC(=O)O[C@H]1CC[C@]2(C)[C@H]3CC=C4[C@@H]5[C@@H](C)[C@H](C)CC[C@]5(C(=O)NCCCCC(C)N)CC[C@@]4(C)[C@]3(C)CC[C@H]2C1(C)C. The fraction of sp³-hybridized carbons (Fsp3) is 0.895. The van der Waals surface area contributed by atoms with Gasteiger partial charge in [-0.2, -0.15) is 0 Å². The first-order chi connectivity index (χ1) is 20.0. The Bertz CT molecular complexity index is 1110. The zero-order chi connectivity index (χ0) is 31.6. The van der Waals surface area contributed by atoms with Gasteiger partial charge in [0.05, 0.1) is 5.41 Å². The molecular weight excluding hydrogens is 532 g/mol. The highest BCUT2D eigenvalue weighted by molar-refractivity contribution is 5.84. The van der Waals surface area contributed by atoms with Crippen molar-refractivity contribution >= 4 is 11.9 Å². The summed E-state index contributed by atoms with van der Waals surface area (Å²) in [4.78, 5) is 26.3. The standard InChI is InChI=1S/C38H64N2O3/c1-24-15-20-38(33(42)40-23-11-10-12-25(2)39)22-21-36(8)28(32(38)26(24)3)13-14-30-35(7)18-17-31(43-27(4)41)34(5,6)29(35)16-19-37(30,36)9/h13,24-26,29-32H,10-12,14-23,39H2,1-9H3,(H,40,42)/t24-,25?,26+,29+,30-,31+,32+,35+,36-,37-,38+/m1/s1. The monoisotopic (exact) mass is 596 g/mol. The number of nitrogens with two attached hydrogens (primary N) is 1. The normalized spacial score (nSPS) is 45.8. The lowest BCUT2D eigenvalue weighted by atomic mass is 9.33. The molecule has 3 N–H and O–H groups in total. The van der Waals surface area contributed by atoms with E-state index in [4.69, 9.17) is 10.5 Å². The minimum absolute atomic E-state index is 0.00908. The van der Waals surface area contributed by atoms with Gasteiger partial charge in [0, 0.05) is 24.9 Å². The molecule has 244 valence electrons. The molecule has 5 aliphatic rings. The van der Waals surface area contributed by atoms with Crippen LogP contribution in [0.4, 0.5) is 0 Å². The lowest BCUT2D eigenvalue weighted by Crippen LogP contribution is -2.66. The molecule has 0 heterocycles. The molecule has 5 rings (SSSR count). The zero-order valence-corrected chi connectivity index (χ0v) is 29.1. The van der Waals surface area contributed by atoms with E-state index in [1.807, 2.05) is 0 Å². The number of nitrogens with one attached hydrogen (secondary N) is 1. The van der Waals surface area contributed by atoms with Gasteiger partial charge in [-0.25, -0.2) is 0 Å². The second kappa shape index (κ2) is 11.5. The summed E-state index contributed by atoms with van der Waals surface area (Å²) in [5.74, 6) is 2.81. The molecule has 1 unspecified atom stereocenters. The van der Waals surface area contributed by atoms with Gasteiger partial charge in [0.1, 0.15) is 6.10 Å². The fourth-order valence-corrected chi connectivity index (χ4v) is 12.2. The van der Waals surface area contributed by atoms with Crippen LogP contribution in [0.2, 0.25) is 0 Å². The number of unbranched alkanes of at least 4 members (excludes halogenated alkanes) is 1. The molecule has 0 spiro atoms. The maximum atomic E-state index is 14.3. The van der Waals surface area contributed by atoms with Crippen LogP contribution in [0.5, 0.6) is 0 Å². The molecular formula is C38H64N2O3. The van der Waals surface area contributed by atoms with Crippen LogP contribution >= 0.6 is 0 Å². The van der Waals surface area contributed by atoms with Gasteiger partial charge in [0.15, 0.2) is 0 Å². The molecule has 0 bridgehead atoms. The number of hydrogen-bond acceptors (Lipinski definition) is 4. The molecule has 0 radical (unpaired) electrons. The van der Waals surface area contributed by atoms with E-state index in [0.29, 0.717) is 35.5 Å². The smallest absolute Gasteiger partial charge is 0.302 e. The molecule has 0 aromatic carbocycles. The Labute approximate surface area is 263 Å². The second-order valence-electron chi connectivity index (χ2n) is 17.5. The summed E-state index contributed by atoms with van der Waals surface area (Å²) in [7, 11) is 0. The summed E-state index contributed by atoms with van der Waals surface area (Å²) >= 11 is 0. The number of ether oxygens (including phenoxy) is 1.